The highest BCUT2D eigenvalue weighted by Crippen LogP contribution is 2.21. The molecule has 0 saturated heterocycles. The van der Waals surface area contributed by atoms with E-state index >= 15 is 0 Å². The van der Waals surface area contributed by atoms with E-state index in [4.69, 9.17) is 4.74 Å². The summed E-state index contributed by atoms with van der Waals surface area (Å²) in [7, 11) is 1.59. The number of hydrazone groups is 1. The number of amides is 1. The van der Waals surface area contributed by atoms with Crippen LogP contribution in [-0.2, 0) is 0 Å². The lowest BCUT2D eigenvalue weighted by molar-refractivity contribution is 0.0955. The fraction of sp³-hybridized carbons (Fsp3) is 0.0667. The number of carbonyl (C=O) groups excluding carboxylic acids is 1. The zero-order valence-electron chi connectivity index (χ0n) is 10.8. The number of methoxy groups -OCH3 is 1. The molecule has 0 aliphatic rings. The van der Waals surface area contributed by atoms with Crippen LogP contribution < -0.4 is 10.2 Å². The van der Waals surface area contributed by atoms with Crippen LogP contribution in [0, 0.1) is 0 Å². The SMILES string of the molecule is COc1ccc(Br)cc1/C=N\NC(=O)c1ccccc1. The number of nitrogens with one attached hydrogen (secondary N) is 1. The molecule has 0 spiro atoms. The Balaban J connectivity index is 2.07. The Morgan fingerprint density at radius 3 is 2.70 bits per heavy atom. The first-order chi connectivity index (χ1) is 9.70. The molecule has 2 aromatic rings. The van der Waals surface area contributed by atoms with Crippen LogP contribution in [0.1, 0.15) is 15.9 Å². The van der Waals surface area contributed by atoms with Gasteiger partial charge in [0, 0.05) is 15.6 Å². The summed E-state index contributed by atoms with van der Waals surface area (Å²) in [6.07, 6.45) is 1.55. The summed E-state index contributed by atoms with van der Waals surface area (Å²) in [6.45, 7) is 0. The van der Waals surface area contributed by atoms with E-state index in [0.29, 0.717) is 11.3 Å². The van der Waals surface area contributed by atoms with E-state index in [1.165, 1.54) is 0 Å². The fourth-order valence-electron chi connectivity index (χ4n) is 1.62. The second-order valence-corrected chi connectivity index (χ2v) is 4.87. The van der Waals surface area contributed by atoms with Gasteiger partial charge in [0.15, 0.2) is 0 Å². The van der Waals surface area contributed by atoms with Gasteiger partial charge in [-0.2, -0.15) is 5.10 Å². The van der Waals surface area contributed by atoms with Crippen molar-refractivity contribution in [1.29, 1.82) is 0 Å². The molecule has 2 rings (SSSR count). The Hall–Kier alpha value is -2.14. The molecule has 0 fully saturated rings. The minimum absolute atomic E-state index is 0.254. The van der Waals surface area contributed by atoms with Gasteiger partial charge in [-0.05, 0) is 30.3 Å². The monoisotopic (exact) mass is 332 g/mol. The quantitative estimate of drug-likeness (QED) is 0.690. The van der Waals surface area contributed by atoms with Gasteiger partial charge >= 0.3 is 0 Å². The van der Waals surface area contributed by atoms with Crippen molar-refractivity contribution in [2.75, 3.05) is 7.11 Å². The molecule has 0 aliphatic carbocycles. The maximum absolute atomic E-state index is 11.8. The Kier molecular flexibility index (Phi) is 4.90. The van der Waals surface area contributed by atoms with E-state index in [2.05, 4.69) is 26.5 Å². The predicted molar refractivity (Wildman–Crippen MR) is 82.2 cm³/mol. The first-order valence-corrected chi connectivity index (χ1v) is 6.72. The lowest BCUT2D eigenvalue weighted by atomic mass is 10.2. The highest BCUT2D eigenvalue weighted by Gasteiger charge is 2.03. The third-order valence-electron chi connectivity index (χ3n) is 2.60. The van der Waals surface area contributed by atoms with Crippen LogP contribution in [0.3, 0.4) is 0 Å². The van der Waals surface area contributed by atoms with Crippen molar-refractivity contribution in [2.45, 2.75) is 0 Å². The molecule has 102 valence electrons. The van der Waals surface area contributed by atoms with Gasteiger partial charge in [0.05, 0.1) is 13.3 Å². The summed E-state index contributed by atoms with van der Waals surface area (Å²) in [6, 6.07) is 14.5. The molecule has 0 unspecified atom stereocenters. The number of halogens is 1. The van der Waals surface area contributed by atoms with Gasteiger partial charge in [0.25, 0.3) is 5.91 Å². The highest BCUT2D eigenvalue weighted by atomic mass is 79.9. The number of ether oxygens (including phenoxy) is 1. The lowest BCUT2D eigenvalue weighted by Gasteiger charge is -2.04. The summed E-state index contributed by atoms with van der Waals surface area (Å²) < 4.78 is 6.13. The van der Waals surface area contributed by atoms with Gasteiger partial charge in [-0.25, -0.2) is 5.43 Å². The average Bonchev–Trinajstić information content (AvgIpc) is 2.48. The highest BCUT2D eigenvalue weighted by molar-refractivity contribution is 9.10. The van der Waals surface area contributed by atoms with Gasteiger partial charge < -0.3 is 4.74 Å². The smallest absolute Gasteiger partial charge is 0.271 e. The minimum Gasteiger partial charge on any atom is -0.496 e. The summed E-state index contributed by atoms with van der Waals surface area (Å²) in [5.41, 5.74) is 3.81. The largest absolute Gasteiger partial charge is 0.496 e. The van der Waals surface area contributed by atoms with Crippen molar-refractivity contribution in [1.82, 2.24) is 5.43 Å². The van der Waals surface area contributed by atoms with Gasteiger partial charge in [0.2, 0.25) is 0 Å². The molecule has 0 bridgehead atoms. The van der Waals surface area contributed by atoms with E-state index in [9.17, 15) is 4.79 Å². The van der Waals surface area contributed by atoms with Crippen LogP contribution in [0.25, 0.3) is 0 Å². The lowest BCUT2D eigenvalue weighted by Crippen LogP contribution is -2.17. The third kappa shape index (κ3) is 3.68. The molecule has 1 amide bonds. The maximum Gasteiger partial charge on any atom is 0.271 e. The van der Waals surface area contributed by atoms with Crippen LogP contribution in [0.5, 0.6) is 5.75 Å². The summed E-state index contributed by atoms with van der Waals surface area (Å²) in [5.74, 6) is 0.432. The molecule has 1 N–H and O–H groups in total. The molecular formula is C15H13BrN2O2. The number of hydrogen-bond acceptors (Lipinski definition) is 3. The van der Waals surface area contributed by atoms with Crippen molar-refractivity contribution >= 4 is 28.1 Å². The molecule has 0 saturated carbocycles. The van der Waals surface area contributed by atoms with Crippen LogP contribution in [-0.4, -0.2) is 19.2 Å². The number of hydrogen-bond donors (Lipinski definition) is 1. The second kappa shape index (κ2) is 6.86. The van der Waals surface area contributed by atoms with Gasteiger partial charge in [-0.1, -0.05) is 34.1 Å². The van der Waals surface area contributed by atoms with Crippen LogP contribution in [0.2, 0.25) is 0 Å². The van der Waals surface area contributed by atoms with Crippen molar-refractivity contribution in [2.24, 2.45) is 5.10 Å². The molecule has 4 nitrogen and oxygen atoms in total. The predicted octanol–water partition coefficient (Wildman–Crippen LogP) is 3.22. The van der Waals surface area contributed by atoms with E-state index in [-0.39, 0.29) is 5.91 Å². The number of nitrogens with zero attached hydrogens (tertiary/aromatic N) is 1. The number of benzene rings is 2. The molecule has 20 heavy (non-hydrogen) atoms. The summed E-state index contributed by atoms with van der Waals surface area (Å²) >= 11 is 3.38. The normalized spacial score (nSPS) is 10.5. The summed E-state index contributed by atoms with van der Waals surface area (Å²) in [5, 5.41) is 3.94. The van der Waals surface area contributed by atoms with Crippen molar-refractivity contribution in [3.8, 4) is 5.75 Å². The Labute approximate surface area is 125 Å². The molecular weight excluding hydrogens is 320 g/mol. The van der Waals surface area contributed by atoms with Gasteiger partial charge in [-0.15, -0.1) is 0 Å². The number of carbonyl (C=O) groups is 1. The van der Waals surface area contributed by atoms with Crippen LogP contribution >= 0.6 is 15.9 Å². The zero-order chi connectivity index (χ0) is 14.4. The Morgan fingerprint density at radius 1 is 1.25 bits per heavy atom. The molecule has 0 aromatic heterocycles. The van der Waals surface area contributed by atoms with Crippen molar-refractivity contribution in [3.63, 3.8) is 0 Å². The first-order valence-electron chi connectivity index (χ1n) is 5.92. The van der Waals surface area contributed by atoms with E-state index in [1.807, 2.05) is 24.3 Å². The van der Waals surface area contributed by atoms with E-state index < -0.39 is 0 Å². The third-order valence-corrected chi connectivity index (χ3v) is 3.09. The number of rotatable bonds is 4. The molecule has 2 aromatic carbocycles. The van der Waals surface area contributed by atoms with E-state index in [0.717, 1.165) is 10.0 Å². The Bertz CT molecular complexity index is 627. The fourth-order valence-corrected chi connectivity index (χ4v) is 2.00. The first kappa shape index (κ1) is 14.3. The standard InChI is InChI=1S/C15H13BrN2O2/c1-20-14-8-7-13(16)9-12(14)10-17-18-15(19)11-5-3-2-4-6-11/h2-10H,1H3,(H,18,19)/b17-10-. The Morgan fingerprint density at radius 2 is 2.00 bits per heavy atom. The van der Waals surface area contributed by atoms with Gasteiger partial charge in [-0.3, -0.25) is 4.79 Å². The molecule has 5 heteroatoms. The van der Waals surface area contributed by atoms with E-state index in [1.54, 1.807) is 37.6 Å². The van der Waals surface area contributed by atoms with Crippen molar-refractivity contribution in [3.05, 3.63) is 64.1 Å². The topological polar surface area (TPSA) is 50.7 Å². The van der Waals surface area contributed by atoms with Crippen molar-refractivity contribution < 1.29 is 9.53 Å². The maximum atomic E-state index is 11.8. The minimum atomic E-state index is -0.254. The molecule has 0 heterocycles. The summed E-state index contributed by atoms with van der Waals surface area (Å²) in [4.78, 5) is 11.8. The molecule has 0 aliphatic heterocycles. The molecule has 0 atom stereocenters. The van der Waals surface area contributed by atoms with Crippen LogP contribution in [0.15, 0.2) is 58.1 Å². The average molecular weight is 333 g/mol. The molecule has 0 radical (unpaired) electrons. The van der Waals surface area contributed by atoms with Crippen LogP contribution in [0.4, 0.5) is 0 Å². The zero-order valence-corrected chi connectivity index (χ0v) is 12.4. The second-order valence-electron chi connectivity index (χ2n) is 3.95. The van der Waals surface area contributed by atoms with Gasteiger partial charge in [0.1, 0.15) is 5.75 Å².